The second-order valence-corrected chi connectivity index (χ2v) is 5.89. The summed E-state index contributed by atoms with van der Waals surface area (Å²) in [5.41, 5.74) is 1.47. The fourth-order valence-corrected chi connectivity index (χ4v) is 2.49. The molecule has 0 aliphatic heterocycles. The van der Waals surface area contributed by atoms with Gasteiger partial charge in [0.25, 0.3) is 11.5 Å². The first-order valence-electron chi connectivity index (χ1n) is 8.22. The average Bonchev–Trinajstić information content (AvgIpc) is 2.64. The van der Waals surface area contributed by atoms with Gasteiger partial charge in [0.05, 0.1) is 6.54 Å². The van der Waals surface area contributed by atoms with Gasteiger partial charge in [-0.3, -0.25) is 9.59 Å². The van der Waals surface area contributed by atoms with E-state index >= 15 is 0 Å². The molecule has 0 fully saturated rings. The maximum atomic E-state index is 12.2. The summed E-state index contributed by atoms with van der Waals surface area (Å²) in [6, 6.07) is 16.4. The molecule has 5 nitrogen and oxygen atoms in total. The van der Waals surface area contributed by atoms with Crippen LogP contribution in [0.1, 0.15) is 15.9 Å². The van der Waals surface area contributed by atoms with Gasteiger partial charge in [-0.05, 0) is 48.0 Å². The minimum atomic E-state index is -4.78. The Kier molecular flexibility index (Phi) is 5.49. The Morgan fingerprint density at radius 3 is 2.25 bits per heavy atom. The fraction of sp³-hybridized carbons (Fsp3) is 0.100. The first kappa shape index (κ1) is 19.2. The number of amides is 1. The zero-order valence-electron chi connectivity index (χ0n) is 14.4. The number of benzene rings is 2. The van der Waals surface area contributed by atoms with Crippen LogP contribution in [-0.4, -0.2) is 16.8 Å². The van der Waals surface area contributed by atoms with Crippen LogP contribution in [0.15, 0.2) is 77.7 Å². The average molecular weight is 388 g/mol. The summed E-state index contributed by atoms with van der Waals surface area (Å²) in [5, 5.41) is 2.66. The van der Waals surface area contributed by atoms with Gasteiger partial charge >= 0.3 is 6.36 Å². The van der Waals surface area contributed by atoms with Gasteiger partial charge in [0.15, 0.2) is 0 Å². The summed E-state index contributed by atoms with van der Waals surface area (Å²) in [7, 11) is 0. The van der Waals surface area contributed by atoms with Crippen molar-refractivity contribution >= 4 is 11.6 Å². The second-order valence-electron chi connectivity index (χ2n) is 5.89. The molecular formula is C20H15F3N2O3. The smallest absolute Gasteiger partial charge is 0.406 e. The number of aromatic nitrogens is 1. The number of nitrogens with zero attached hydrogens (tertiary/aromatic N) is 1. The van der Waals surface area contributed by atoms with Crippen molar-refractivity contribution in [1.29, 1.82) is 0 Å². The SMILES string of the molecule is O=C(Nc1ccc(Cn2ccccc2=O)cc1)c1ccc(OC(F)(F)F)cc1. The highest BCUT2D eigenvalue weighted by Gasteiger charge is 2.31. The van der Waals surface area contributed by atoms with Crippen LogP contribution in [0.3, 0.4) is 0 Å². The van der Waals surface area contributed by atoms with E-state index in [9.17, 15) is 22.8 Å². The van der Waals surface area contributed by atoms with E-state index in [1.165, 1.54) is 18.2 Å². The van der Waals surface area contributed by atoms with Crippen molar-refractivity contribution in [2.24, 2.45) is 0 Å². The molecule has 0 saturated carbocycles. The molecule has 1 amide bonds. The highest BCUT2D eigenvalue weighted by molar-refractivity contribution is 6.04. The third kappa shape index (κ3) is 5.23. The lowest BCUT2D eigenvalue weighted by atomic mass is 10.1. The molecule has 2 aromatic carbocycles. The maximum Gasteiger partial charge on any atom is 0.573 e. The predicted octanol–water partition coefficient (Wildman–Crippen LogP) is 4.05. The molecule has 0 aliphatic carbocycles. The van der Waals surface area contributed by atoms with Gasteiger partial charge in [0, 0.05) is 23.5 Å². The zero-order valence-corrected chi connectivity index (χ0v) is 14.4. The zero-order chi connectivity index (χ0) is 20.1. The number of anilines is 1. The van der Waals surface area contributed by atoms with Gasteiger partial charge in [-0.1, -0.05) is 18.2 Å². The molecule has 0 unspecified atom stereocenters. The lowest BCUT2D eigenvalue weighted by Gasteiger charge is -2.10. The summed E-state index contributed by atoms with van der Waals surface area (Å²) >= 11 is 0. The monoisotopic (exact) mass is 388 g/mol. The molecular weight excluding hydrogens is 373 g/mol. The number of carbonyl (C=O) groups is 1. The van der Waals surface area contributed by atoms with Crippen LogP contribution < -0.4 is 15.6 Å². The van der Waals surface area contributed by atoms with Crippen LogP contribution in [0.2, 0.25) is 0 Å². The van der Waals surface area contributed by atoms with Gasteiger partial charge in [-0.25, -0.2) is 0 Å². The van der Waals surface area contributed by atoms with Gasteiger partial charge in [0.2, 0.25) is 0 Å². The standard InChI is InChI=1S/C20H15F3N2O3/c21-20(22,23)28-17-10-6-15(7-11-17)19(27)24-16-8-4-14(5-9-16)13-25-12-2-1-3-18(25)26/h1-12H,13H2,(H,24,27). The second kappa shape index (κ2) is 7.99. The quantitative estimate of drug-likeness (QED) is 0.718. The van der Waals surface area contributed by atoms with Crippen molar-refractivity contribution in [2.75, 3.05) is 5.32 Å². The Labute approximate surface area is 158 Å². The van der Waals surface area contributed by atoms with Gasteiger partial charge < -0.3 is 14.6 Å². The molecule has 0 spiro atoms. The van der Waals surface area contributed by atoms with Crippen molar-refractivity contribution in [3.8, 4) is 5.75 Å². The molecule has 3 rings (SSSR count). The van der Waals surface area contributed by atoms with Crippen LogP contribution in [0.5, 0.6) is 5.75 Å². The third-order valence-corrected chi connectivity index (χ3v) is 3.81. The van der Waals surface area contributed by atoms with Gasteiger partial charge in [-0.2, -0.15) is 0 Å². The Balaban J connectivity index is 1.63. The van der Waals surface area contributed by atoms with Crippen molar-refractivity contribution in [1.82, 2.24) is 4.57 Å². The summed E-state index contributed by atoms with van der Waals surface area (Å²) < 4.78 is 41.8. The van der Waals surface area contributed by atoms with E-state index in [-0.39, 0.29) is 11.1 Å². The van der Waals surface area contributed by atoms with E-state index in [1.807, 2.05) is 0 Å². The topological polar surface area (TPSA) is 60.3 Å². The van der Waals surface area contributed by atoms with Crippen molar-refractivity contribution in [3.05, 3.63) is 94.4 Å². The Bertz CT molecular complexity index is 1010. The van der Waals surface area contributed by atoms with E-state index in [4.69, 9.17) is 0 Å². The third-order valence-electron chi connectivity index (χ3n) is 3.81. The largest absolute Gasteiger partial charge is 0.573 e. The molecule has 0 bridgehead atoms. The number of hydrogen-bond donors (Lipinski definition) is 1. The van der Waals surface area contributed by atoms with Crippen molar-refractivity contribution in [2.45, 2.75) is 12.9 Å². The fourth-order valence-electron chi connectivity index (χ4n) is 2.49. The van der Waals surface area contributed by atoms with E-state index < -0.39 is 18.0 Å². The van der Waals surface area contributed by atoms with E-state index in [2.05, 4.69) is 10.1 Å². The summed E-state index contributed by atoms with van der Waals surface area (Å²) in [5.74, 6) is -0.866. The van der Waals surface area contributed by atoms with Crippen LogP contribution in [0.25, 0.3) is 0 Å². The molecule has 0 saturated heterocycles. The minimum Gasteiger partial charge on any atom is -0.406 e. The van der Waals surface area contributed by atoms with Crippen LogP contribution >= 0.6 is 0 Å². The normalized spacial score (nSPS) is 11.1. The highest BCUT2D eigenvalue weighted by atomic mass is 19.4. The Hall–Kier alpha value is -3.55. The lowest BCUT2D eigenvalue weighted by Crippen LogP contribution is -2.18. The lowest BCUT2D eigenvalue weighted by molar-refractivity contribution is -0.274. The number of nitrogens with one attached hydrogen (secondary N) is 1. The van der Waals surface area contributed by atoms with Crippen LogP contribution in [0, 0.1) is 0 Å². The number of halogens is 3. The number of hydrogen-bond acceptors (Lipinski definition) is 3. The predicted molar refractivity (Wildman–Crippen MR) is 97.3 cm³/mol. The summed E-state index contributed by atoms with van der Waals surface area (Å²) in [6.45, 7) is 0.397. The summed E-state index contributed by atoms with van der Waals surface area (Å²) in [6.07, 6.45) is -3.10. The number of pyridine rings is 1. The number of alkyl halides is 3. The molecule has 1 N–H and O–H groups in total. The van der Waals surface area contributed by atoms with Crippen LogP contribution in [-0.2, 0) is 6.54 Å². The van der Waals surface area contributed by atoms with Gasteiger partial charge in [0.1, 0.15) is 5.75 Å². The van der Waals surface area contributed by atoms with E-state index in [0.29, 0.717) is 12.2 Å². The molecule has 0 radical (unpaired) electrons. The Morgan fingerprint density at radius 1 is 0.964 bits per heavy atom. The van der Waals surface area contributed by atoms with Gasteiger partial charge in [-0.15, -0.1) is 13.2 Å². The van der Waals surface area contributed by atoms with Crippen molar-refractivity contribution < 1.29 is 22.7 Å². The molecule has 0 atom stereocenters. The molecule has 144 valence electrons. The number of rotatable bonds is 5. The molecule has 0 aliphatic rings. The van der Waals surface area contributed by atoms with E-state index in [1.54, 1.807) is 47.2 Å². The van der Waals surface area contributed by atoms with Crippen molar-refractivity contribution in [3.63, 3.8) is 0 Å². The summed E-state index contributed by atoms with van der Waals surface area (Å²) in [4.78, 5) is 23.9. The minimum absolute atomic E-state index is 0.113. The molecule has 28 heavy (non-hydrogen) atoms. The number of ether oxygens (including phenoxy) is 1. The van der Waals surface area contributed by atoms with E-state index in [0.717, 1.165) is 17.7 Å². The first-order valence-corrected chi connectivity index (χ1v) is 8.22. The first-order chi connectivity index (χ1) is 13.3. The Morgan fingerprint density at radius 2 is 1.64 bits per heavy atom. The van der Waals surface area contributed by atoms with Crippen LogP contribution in [0.4, 0.5) is 18.9 Å². The maximum absolute atomic E-state index is 12.2. The molecule has 8 heteroatoms. The highest BCUT2D eigenvalue weighted by Crippen LogP contribution is 2.23. The molecule has 1 aromatic heterocycles. The number of carbonyl (C=O) groups excluding carboxylic acids is 1. The molecule has 1 heterocycles. The molecule has 3 aromatic rings.